The number of amides is 1. The maximum atomic E-state index is 11.7. The Balaban J connectivity index is 1.66. The molecule has 2 aromatic carbocycles. The zero-order valence-corrected chi connectivity index (χ0v) is 15.8. The average Bonchev–Trinajstić information content (AvgIpc) is 3.01. The second kappa shape index (κ2) is 8.66. The number of esters is 1. The van der Waals surface area contributed by atoms with Crippen molar-refractivity contribution in [3.63, 3.8) is 0 Å². The lowest BCUT2D eigenvalue weighted by atomic mass is 10.0. The second-order valence-electron chi connectivity index (χ2n) is 5.37. The molecule has 0 atom stereocenters. The first-order valence-corrected chi connectivity index (χ1v) is 9.00. The molecule has 0 spiro atoms. The van der Waals surface area contributed by atoms with Crippen LogP contribution in [0.2, 0.25) is 5.02 Å². The zero-order valence-electron chi connectivity index (χ0n) is 14.2. The molecule has 1 fully saturated rings. The van der Waals surface area contributed by atoms with Gasteiger partial charge in [0.25, 0.3) is 5.91 Å². The van der Waals surface area contributed by atoms with Gasteiger partial charge in [-0.15, -0.1) is 5.10 Å². The maximum absolute atomic E-state index is 11.7. The summed E-state index contributed by atoms with van der Waals surface area (Å²) in [6.07, 6.45) is 2.68. The van der Waals surface area contributed by atoms with Crippen LogP contribution in [0, 0.1) is 0 Å². The van der Waals surface area contributed by atoms with Gasteiger partial charge in [-0.2, -0.15) is 5.10 Å². The van der Waals surface area contributed by atoms with Crippen LogP contribution in [0.4, 0.5) is 0 Å². The molecule has 6 nitrogen and oxygen atoms in total. The van der Waals surface area contributed by atoms with Gasteiger partial charge in [-0.25, -0.2) is 4.79 Å². The van der Waals surface area contributed by atoms with Crippen molar-refractivity contribution in [2.45, 2.75) is 0 Å². The van der Waals surface area contributed by atoms with E-state index in [9.17, 15) is 9.59 Å². The number of carbonyl (C=O) groups excluding carboxylic acids is 2. The van der Waals surface area contributed by atoms with Crippen molar-refractivity contribution in [2.24, 2.45) is 10.2 Å². The largest absolute Gasteiger partial charge is 0.466 e. The molecule has 1 heterocycles. The number of nitrogens with one attached hydrogen (secondary N) is 1. The van der Waals surface area contributed by atoms with E-state index in [0.717, 1.165) is 34.5 Å². The van der Waals surface area contributed by atoms with E-state index >= 15 is 0 Å². The highest BCUT2D eigenvalue weighted by Crippen LogP contribution is 2.24. The molecule has 0 saturated carbocycles. The quantitative estimate of drug-likeness (QED) is 0.368. The lowest BCUT2D eigenvalue weighted by Crippen LogP contribution is -2.19. The third kappa shape index (κ3) is 5.06. The van der Waals surface area contributed by atoms with Crippen molar-refractivity contribution < 1.29 is 14.3 Å². The Bertz CT molecular complexity index is 968. The summed E-state index contributed by atoms with van der Waals surface area (Å²) in [5.74, 6) is -1.01. The van der Waals surface area contributed by atoms with Crippen molar-refractivity contribution >= 4 is 46.6 Å². The molecule has 1 N–H and O–H groups in total. The number of rotatable bonds is 4. The van der Waals surface area contributed by atoms with Crippen molar-refractivity contribution in [1.29, 1.82) is 0 Å². The van der Waals surface area contributed by atoms with Crippen molar-refractivity contribution in [3.8, 4) is 11.1 Å². The minimum atomic E-state index is -0.600. The Kier molecular flexibility index (Phi) is 6.05. The normalized spacial score (nSPS) is 16.9. The fraction of sp³-hybridized carbons (Fsp3) is 0.0526. The molecule has 3 rings (SSSR count). The number of carbonyl (C=O) groups is 2. The summed E-state index contributed by atoms with van der Waals surface area (Å²) >= 11 is 7.04. The second-order valence-corrected chi connectivity index (χ2v) is 6.84. The SMILES string of the molecule is COC(=O)/C=C1/S/C(=N\N=Cc2ccc(-c3cccc(Cl)c3)cc2)NC1=O. The van der Waals surface area contributed by atoms with Gasteiger partial charge in [0, 0.05) is 11.1 Å². The van der Waals surface area contributed by atoms with E-state index < -0.39 is 11.9 Å². The lowest BCUT2D eigenvalue weighted by Gasteiger charge is -2.02. The van der Waals surface area contributed by atoms with Gasteiger partial charge in [0.05, 0.1) is 18.2 Å². The molecule has 1 saturated heterocycles. The minimum absolute atomic E-state index is 0.210. The Morgan fingerprint density at radius 1 is 1.19 bits per heavy atom. The van der Waals surface area contributed by atoms with Crippen LogP contribution >= 0.6 is 23.4 Å². The van der Waals surface area contributed by atoms with Crippen LogP contribution in [0.3, 0.4) is 0 Å². The van der Waals surface area contributed by atoms with Crippen molar-refractivity contribution in [1.82, 2.24) is 5.32 Å². The fourth-order valence-corrected chi connectivity index (χ4v) is 3.15. The Hall–Kier alpha value is -2.90. The number of benzene rings is 2. The van der Waals surface area contributed by atoms with Gasteiger partial charge in [0.15, 0.2) is 5.17 Å². The predicted molar refractivity (Wildman–Crippen MR) is 108 cm³/mol. The molecule has 27 heavy (non-hydrogen) atoms. The summed E-state index contributed by atoms with van der Waals surface area (Å²) in [6, 6.07) is 15.4. The summed E-state index contributed by atoms with van der Waals surface area (Å²) < 4.78 is 4.50. The molecule has 1 amide bonds. The summed E-state index contributed by atoms with van der Waals surface area (Å²) in [5.41, 5.74) is 2.92. The summed E-state index contributed by atoms with van der Waals surface area (Å²) in [7, 11) is 1.24. The molecule has 2 aromatic rings. The van der Waals surface area contributed by atoms with Crippen LogP contribution in [0.1, 0.15) is 5.56 Å². The summed E-state index contributed by atoms with van der Waals surface area (Å²) in [6.45, 7) is 0. The smallest absolute Gasteiger partial charge is 0.331 e. The minimum Gasteiger partial charge on any atom is -0.466 e. The van der Waals surface area contributed by atoms with Crippen LogP contribution < -0.4 is 5.32 Å². The van der Waals surface area contributed by atoms with Gasteiger partial charge in [-0.05, 0) is 40.6 Å². The van der Waals surface area contributed by atoms with Gasteiger partial charge in [-0.3, -0.25) is 10.1 Å². The molecular weight excluding hydrogens is 386 g/mol. The van der Waals surface area contributed by atoms with Crippen LogP contribution in [0.15, 0.2) is 69.7 Å². The number of halogens is 1. The van der Waals surface area contributed by atoms with Crippen LogP contribution in [-0.4, -0.2) is 30.4 Å². The number of hydrogen-bond donors (Lipinski definition) is 1. The standard InChI is InChI=1S/C19H14ClN3O3S/c1-26-17(24)10-16-18(25)22-19(27-16)23-21-11-12-5-7-13(8-6-12)14-3-2-4-15(20)9-14/h2-11H,1H3,(H,22,23,25)/b16-10+,21-11?. The van der Waals surface area contributed by atoms with Crippen LogP contribution in [0.25, 0.3) is 11.1 Å². The maximum Gasteiger partial charge on any atom is 0.331 e. The monoisotopic (exact) mass is 399 g/mol. The number of thioether (sulfide) groups is 1. The van der Waals surface area contributed by atoms with E-state index in [2.05, 4.69) is 20.3 Å². The van der Waals surface area contributed by atoms with E-state index in [1.165, 1.54) is 7.11 Å². The van der Waals surface area contributed by atoms with E-state index in [1.54, 1.807) is 6.21 Å². The number of nitrogens with zero attached hydrogens (tertiary/aromatic N) is 2. The van der Waals surface area contributed by atoms with Crippen molar-refractivity contribution in [3.05, 3.63) is 70.1 Å². The Labute approximate surface area is 165 Å². The third-order valence-electron chi connectivity index (χ3n) is 3.53. The molecule has 0 unspecified atom stereocenters. The van der Waals surface area contributed by atoms with Crippen LogP contribution in [0.5, 0.6) is 0 Å². The first-order valence-electron chi connectivity index (χ1n) is 7.81. The number of methoxy groups -OCH3 is 1. The lowest BCUT2D eigenvalue weighted by molar-refractivity contribution is -0.135. The summed E-state index contributed by atoms with van der Waals surface area (Å²) in [5, 5.41) is 11.4. The van der Waals surface area contributed by atoms with E-state index in [1.807, 2.05) is 48.5 Å². The van der Waals surface area contributed by atoms with Gasteiger partial charge in [0.1, 0.15) is 0 Å². The molecule has 1 aliphatic rings. The van der Waals surface area contributed by atoms with E-state index in [4.69, 9.17) is 11.6 Å². The van der Waals surface area contributed by atoms with Gasteiger partial charge < -0.3 is 4.74 Å². The summed E-state index contributed by atoms with van der Waals surface area (Å²) in [4.78, 5) is 23.1. The van der Waals surface area contributed by atoms with E-state index in [0.29, 0.717) is 10.2 Å². The highest BCUT2D eigenvalue weighted by atomic mass is 35.5. The molecule has 8 heteroatoms. The van der Waals surface area contributed by atoms with Crippen molar-refractivity contribution in [2.75, 3.05) is 7.11 Å². The Morgan fingerprint density at radius 3 is 2.67 bits per heavy atom. The van der Waals surface area contributed by atoms with Gasteiger partial charge in [0.2, 0.25) is 0 Å². The van der Waals surface area contributed by atoms with Crippen LogP contribution in [-0.2, 0) is 14.3 Å². The molecule has 1 aliphatic heterocycles. The highest BCUT2D eigenvalue weighted by molar-refractivity contribution is 8.18. The highest BCUT2D eigenvalue weighted by Gasteiger charge is 2.24. The predicted octanol–water partition coefficient (Wildman–Crippen LogP) is 3.62. The molecular formula is C19H14ClN3O3S. The fourth-order valence-electron chi connectivity index (χ4n) is 2.22. The molecule has 0 bridgehead atoms. The first kappa shape index (κ1) is 18.9. The third-order valence-corrected chi connectivity index (χ3v) is 4.66. The van der Waals surface area contributed by atoms with E-state index in [-0.39, 0.29) is 4.91 Å². The molecule has 0 radical (unpaired) electrons. The number of amidine groups is 1. The van der Waals surface area contributed by atoms with Gasteiger partial charge in [-0.1, -0.05) is 48.0 Å². The molecule has 0 aromatic heterocycles. The van der Waals surface area contributed by atoms with Gasteiger partial charge >= 0.3 is 5.97 Å². The number of hydrogen-bond acceptors (Lipinski definition) is 6. The zero-order chi connectivity index (χ0) is 19.2. The molecule has 0 aliphatic carbocycles. The Morgan fingerprint density at radius 2 is 1.96 bits per heavy atom. The topological polar surface area (TPSA) is 80.1 Å². The first-order chi connectivity index (χ1) is 13.0. The number of ether oxygens (including phenoxy) is 1. The molecule has 136 valence electrons. The average molecular weight is 400 g/mol.